The van der Waals surface area contributed by atoms with Gasteiger partial charge in [0, 0.05) is 12.1 Å². The van der Waals surface area contributed by atoms with Gasteiger partial charge in [0.2, 0.25) is 5.88 Å². The monoisotopic (exact) mass is 459 g/mol. The zero-order valence-corrected chi connectivity index (χ0v) is 19.1. The molecule has 0 atom stereocenters. The van der Waals surface area contributed by atoms with Gasteiger partial charge in [-0.15, -0.1) is 0 Å². The van der Waals surface area contributed by atoms with Crippen LogP contribution in [0.4, 0.5) is 0 Å². The molecular weight excluding hydrogens is 430 g/mol. The van der Waals surface area contributed by atoms with Crippen molar-refractivity contribution in [2.75, 3.05) is 20.8 Å². The van der Waals surface area contributed by atoms with Crippen LogP contribution in [-0.4, -0.2) is 46.7 Å². The van der Waals surface area contributed by atoms with E-state index in [1.54, 1.807) is 18.2 Å². The summed E-state index contributed by atoms with van der Waals surface area (Å²) in [4.78, 5) is 50.7. The first-order valence-corrected chi connectivity index (χ1v) is 10.8. The van der Waals surface area contributed by atoms with Crippen LogP contribution in [0.2, 0.25) is 0 Å². The lowest BCUT2D eigenvalue weighted by molar-refractivity contribution is -0.116. The van der Waals surface area contributed by atoms with Crippen molar-refractivity contribution in [1.82, 2.24) is 14.5 Å². The third-order valence-electron chi connectivity index (χ3n) is 5.76. The average molecular weight is 459 g/mol. The molecule has 1 saturated carbocycles. The molecule has 10 nitrogen and oxygen atoms in total. The van der Waals surface area contributed by atoms with E-state index in [4.69, 9.17) is 9.47 Å². The summed E-state index contributed by atoms with van der Waals surface area (Å²) < 4.78 is 12.6. The number of ether oxygens (including phenoxy) is 2. The lowest BCUT2D eigenvalue weighted by Gasteiger charge is -2.26. The van der Waals surface area contributed by atoms with Crippen LogP contribution in [-0.2, 0) is 11.3 Å². The van der Waals surface area contributed by atoms with Gasteiger partial charge >= 0.3 is 5.69 Å². The molecule has 1 aliphatic carbocycles. The number of aromatic nitrogens is 2. The number of hydrogen-bond acceptors (Lipinski definition) is 7. The first-order chi connectivity index (χ1) is 15.8. The van der Waals surface area contributed by atoms with Crippen molar-refractivity contribution in [3.8, 4) is 17.4 Å². The standard InChI is InChI=1S/C23H29N3O7/c1-14(27)12-24-20(28)19-21(29)25(13-15-9-17(32-2)11-18(10-15)33-3)23(31)26(22(19)30)16-7-5-4-6-8-16/h9-11,16,30H,4-8,12-13H2,1-3H3,(H,24,28). The molecule has 3 rings (SSSR count). The van der Waals surface area contributed by atoms with Crippen molar-refractivity contribution in [2.45, 2.75) is 51.6 Å². The Labute approximate surface area is 190 Å². The van der Waals surface area contributed by atoms with E-state index in [1.165, 1.54) is 21.1 Å². The fourth-order valence-electron chi connectivity index (χ4n) is 4.10. The molecule has 1 amide bonds. The van der Waals surface area contributed by atoms with Crippen LogP contribution in [0.25, 0.3) is 0 Å². The van der Waals surface area contributed by atoms with Gasteiger partial charge in [0.05, 0.1) is 27.3 Å². The highest BCUT2D eigenvalue weighted by atomic mass is 16.5. The van der Waals surface area contributed by atoms with Gasteiger partial charge in [0.25, 0.3) is 11.5 Å². The SMILES string of the molecule is COc1cc(Cn2c(=O)c(C(=O)NCC(C)=O)c(O)n(C3CCCCC3)c2=O)cc(OC)c1. The van der Waals surface area contributed by atoms with Crippen LogP contribution in [0.1, 0.15) is 61.0 Å². The Hall–Kier alpha value is -3.56. The molecule has 1 aromatic heterocycles. The summed E-state index contributed by atoms with van der Waals surface area (Å²) in [6, 6.07) is 4.63. The number of benzene rings is 1. The fraction of sp³-hybridized carbons (Fsp3) is 0.478. The van der Waals surface area contributed by atoms with Gasteiger partial charge in [-0.2, -0.15) is 0 Å². The molecule has 0 unspecified atom stereocenters. The summed E-state index contributed by atoms with van der Waals surface area (Å²) in [5.74, 6) is -0.940. The molecule has 33 heavy (non-hydrogen) atoms. The van der Waals surface area contributed by atoms with E-state index in [2.05, 4.69) is 5.32 Å². The number of Topliss-reactive ketones (excluding diaryl/α,β-unsaturated/α-hetero) is 1. The van der Waals surface area contributed by atoms with Crippen molar-refractivity contribution < 1.29 is 24.2 Å². The molecule has 0 aliphatic heterocycles. The number of hydrogen-bond donors (Lipinski definition) is 2. The van der Waals surface area contributed by atoms with Gasteiger partial charge in [-0.05, 0) is 37.5 Å². The Bertz CT molecular complexity index is 1140. The molecule has 1 heterocycles. The summed E-state index contributed by atoms with van der Waals surface area (Å²) in [6.45, 7) is 0.829. The number of carbonyl (C=O) groups excluding carboxylic acids is 2. The lowest BCUT2D eigenvalue weighted by Crippen LogP contribution is -2.46. The number of carbonyl (C=O) groups is 2. The van der Waals surface area contributed by atoms with Gasteiger partial charge in [0.1, 0.15) is 17.3 Å². The first kappa shape index (κ1) is 24.1. The van der Waals surface area contributed by atoms with Crippen molar-refractivity contribution >= 4 is 11.7 Å². The number of rotatable bonds is 8. The lowest BCUT2D eigenvalue weighted by atomic mass is 9.95. The van der Waals surface area contributed by atoms with Crippen LogP contribution >= 0.6 is 0 Å². The van der Waals surface area contributed by atoms with E-state index in [0.29, 0.717) is 29.9 Å². The number of amides is 1. The number of nitrogens with zero attached hydrogens (tertiary/aromatic N) is 2. The number of methoxy groups -OCH3 is 2. The minimum atomic E-state index is -0.938. The molecule has 1 aromatic carbocycles. The summed E-state index contributed by atoms with van der Waals surface area (Å²) in [5, 5.41) is 13.2. The number of aromatic hydroxyl groups is 1. The quantitative estimate of drug-likeness (QED) is 0.613. The summed E-state index contributed by atoms with van der Waals surface area (Å²) >= 11 is 0. The molecule has 178 valence electrons. The highest BCUT2D eigenvalue weighted by Crippen LogP contribution is 2.30. The fourth-order valence-corrected chi connectivity index (χ4v) is 4.10. The summed E-state index contributed by atoms with van der Waals surface area (Å²) in [5.41, 5.74) is -1.65. The van der Waals surface area contributed by atoms with Gasteiger partial charge in [-0.25, -0.2) is 4.79 Å². The summed E-state index contributed by atoms with van der Waals surface area (Å²) in [7, 11) is 2.97. The second kappa shape index (κ2) is 10.4. The van der Waals surface area contributed by atoms with E-state index >= 15 is 0 Å². The zero-order chi connectivity index (χ0) is 24.1. The Morgan fingerprint density at radius 3 is 2.21 bits per heavy atom. The topological polar surface area (TPSA) is 129 Å². The van der Waals surface area contributed by atoms with E-state index in [-0.39, 0.29) is 24.9 Å². The number of nitrogens with one attached hydrogen (secondary N) is 1. The third-order valence-corrected chi connectivity index (χ3v) is 5.76. The molecule has 10 heteroatoms. The Morgan fingerprint density at radius 1 is 1.06 bits per heavy atom. The van der Waals surface area contributed by atoms with Crippen molar-refractivity contribution in [1.29, 1.82) is 0 Å². The molecule has 0 bridgehead atoms. The van der Waals surface area contributed by atoms with E-state index in [0.717, 1.165) is 28.4 Å². The molecule has 2 aromatic rings. The van der Waals surface area contributed by atoms with Crippen LogP contribution in [0, 0.1) is 0 Å². The molecule has 0 saturated heterocycles. The van der Waals surface area contributed by atoms with Crippen molar-refractivity contribution in [2.24, 2.45) is 0 Å². The van der Waals surface area contributed by atoms with Crippen molar-refractivity contribution in [3.63, 3.8) is 0 Å². The molecule has 0 radical (unpaired) electrons. The molecular formula is C23H29N3O7. The average Bonchev–Trinajstić information content (AvgIpc) is 2.81. The van der Waals surface area contributed by atoms with Crippen LogP contribution in [0.15, 0.2) is 27.8 Å². The molecule has 2 N–H and O–H groups in total. The van der Waals surface area contributed by atoms with Crippen LogP contribution in [0.5, 0.6) is 17.4 Å². The first-order valence-electron chi connectivity index (χ1n) is 10.8. The Morgan fingerprint density at radius 2 is 1.67 bits per heavy atom. The second-order valence-electron chi connectivity index (χ2n) is 8.14. The van der Waals surface area contributed by atoms with Gasteiger partial charge < -0.3 is 19.9 Å². The minimum Gasteiger partial charge on any atom is -0.497 e. The predicted molar refractivity (Wildman–Crippen MR) is 120 cm³/mol. The third kappa shape index (κ3) is 5.27. The predicted octanol–water partition coefficient (Wildman–Crippen LogP) is 1.61. The van der Waals surface area contributed by atoms with Gasteiger partial charge in [-0.3, -0.25) is 23.5 Å². The maximum absolute atomic E-state index is 13.4. The van der Waals surface area contributed by atoms with Crippen LogP contribution in [0.3, 0.4) is 0 Å². The van der Waals surface area contributed by atoms with E-state index in [9.17, 15) is 24.3 Å². The highest BCUT2D eigenvalue weighted by molar-refractivity contribution is 5.97. The van der Waals surface area contributed by atoms with Crippen LogP contribution < -0.4 is 26.0 Å². The van der Waals surface area contributed by atoms with E-state index in [1.807, 2.05) is 0 Å². The molecule has 1 aliphatic rings. The normalized spacial score (nSPS) is 14.0. The Kier molecular flexibility index (Phi) is 7.57. The van der Waals surface area contributed by atoms with E-state index < -0.39 is 28.6 Å². The molecule has 0 spiro atoms. The molecule has 1 fully saturated rings. The minimum absolute atomic E-state index is 0.161. The maximum Gasteiger partial charge on any atom is 0.334 e. The largest absolute Gasteiger partial charge is 0.497 e. The van der Waals surface area contributed by atoms with Gasteiger partial charge in [-0.1, -0.05) is 19.3 Å². The Balaban J connectivity index is 2.17. The van der Waals surface area contributed by atoms with Gasteiger partial charge in [0.15, 0.2) is 5.56 Å². The summed E-state index contributed by atoms with van der Waals surface area (Å²) in [6.07, 6.45) is 4.05. The zero-order valence-electron chi connectivity index (χ0n) is 19.1. The highest BCUT2D eigenvalue weighted by Gasteiger charge is 2.29. The number of ketones is 1. The second-order valence-corrected chi connectivity index (χ2v) is 8.14. The maximum atomic E-state index is 13.4. The smallest absolute Gasteiger partial charge is 0.334 e. The van der Waals surface area contributed by atoms with Crippen molar-refractivity contribution in [3.05, 3.63) is 50.2 Å².